The molecule has 43 heteroatoms. The number of fused-ring (bicyclic) bond motifs is 12. The Morgan fingerprint density at radius 1 is 0.407 bits per heavy atom. The number of hydrogen-bond donors (Lipinski definition) is 21. The number of benzene rings is 4. The topological polar surface area (TPSA) is 726 Å². The minimum Gasteiger partial charge on any atom is -0.508 e. The van der Waals surface area contributed by atoms with Crippen molar-refractivity contribution in [2.24, 2.45) is 70.3 Å². The van der Waals surface area contributed by atoms with Crippen molar-refractivity contribution in [3.05, 3.63) is 215 Å². The average Bonchev–Trinajstić information content (AvgIpc) is 0.950. The van der Waals surface area contributed by atoms with E-state index in [0.717, 1.165) is 11.3 Å². The second-order valence-corrected chi connectivity index (χ2v) is 38.4. The second-order valence-electron chi connectivity index (χ2n) is 37.5. The van der Waals surface area contributed by atoms with Crippen molar-refractivity contribution >= 4 is 104 Å². The lowest BCUT2D eigenvalue weighted by atomic mass is 9.57. The van der Waals surface area contributed by atoms with Crippen molar-refractivity contribution in [1.29, 1.82) is 0 Å². The number of nitrogens with one attached hydrogen (secondary N) is 1. The monoisotopic (exact) mass is 1940 g/mol. The van der Waals surface area contributed by atoms with Crippen molar-refractivity contribution in [1.82, 2.24) is 39.7 Å². The highest BCUT2D eigenvalue weighted by Crippen LogP contribution is 2.60. The Hall–Kier alpha value is -15.4. The van der Waals surface area contributed by atoms with Gasteiger partial charge < -0.3 is 119 Å². The Kier molecular flexibility index (Phi) is 23.6. The predicted molar refractivity (Wildman–Crippen MR) is 489 cm³/mol. The first kappa shape index (κ1) is 96.3. The normalized spacial score (nSPS) is 28.2. The summed E-state index contributed by atoms with van der Waals surface area (Å²) >= 11 is 1.38. The number of rotatable bonds is 12. The number of aliphatic hydroxyl groups excluding tert-OH is 8. The zero-order chi connectivity index (χ0) is 102. The fraction of sp³-hybridized carbons (Fsp3) is 0.330. The van der Waals surface area contributed by atoms with Crippen LogP contribution >= 0.6 is 11.3 Å². The molecule has 4 aromatic heterocycles. The molecule has 12 aliphatic carbocycles. The molecule has 16 atom stereocenters. The van der Waals surface area contributed by atoms with Gasteiger partial charge in [0.2, 0.25) is 29.0 Å². The highest BCUT2D eigenvalue weighted by molar-refractivity contribution is 7.13. The number of aromatic nitrogens is 4. The SMILES string of the molecule is CN(C)[C@@H]1C(=O)C(C(N)=O)=C(O)[C@@]2(O)C(=O)C3=C(O)c4c(O)ccc(-c5ccc[nH]5)c4C[C@H]3C[C@@H]12.CN(C)[C@@H]1C(=O)C(C(N)=O)=C(O)[C@@]2(O)C(=O)C3=C(O)c4c(O)ccc(-c5cnoc5)c4C[C@H]3C[C@@H]12.CN(C)[C@@H]1C(=O)C(C(N)=O)=C(O)[C@@]2(O)C(=O)C3=C(O)c4c(O)ccc(-c5ncco5)c4C[C@H]3C[C@@H]12.CN(C)[C@@H]1C(=O)C(C(N)=O)=C(O)[C@@]2(O)C(=O)C3=C(O)c4c(O)ccc(-c5nccs5)c4C[C@H]3C[C@@H]12. The van der Waals surface area contributed by atoms with E-state index in [0.29, 0.717) is 49.5 Å². The van der Waals surface area contributed by atoms with Gasteiger partial charge in [0.25, 0.3) is 23.6 Å². The quantitative estimate of drug-likeness (QED) is 0.0780. The number of thiazole rings is 1. The van der Waals surface area contributed by atoms with Crippen LogP contribution in [0.5, 0.6) is 23.0 Å². The van der Waals surface area contributed by atoms with E-state index in [-0.39, 0.29) is 125 Å². The summed E-state index contributed by atoms with van der Waals surface area (Å²) in [6, 6.07) is 11.2. The fourth-order valence-corrected chi connectivity index (χ4v) is 24.1. The first-order chi connectivity index (χ1) is 66.0. The molecule has 42 nitrogen and oxygen atoms in total. The molecule has 4 aromatic carbocycles. The minimum absolute atomic E-state index is 0.00639. The fourth-order valence-electron chi connectivity index (χ4n) is 23.4. The van der Waals surface area contributed by atoms with Crippen LogP contribution in [0.1, 0.15) is 70.2 Å². The number of aliphatic hydroxyl groups is 12. The zero-order valence-corrected chi connectivity index (χ0v) is 76.4. The van der Waals surface area contributed by atoms with E-state index in [1.54, 1.807) is 98.4 Å². The van der Waals surface area contributed by atoms with E-state index in [2.05, 4.69) is 20.1 Å². The van der Waals surface area contributed by atoms with Gasteiger partial charge in [-0.3, -0.25) is 77.1 Å². The van der Waals surface area contributed by atoms with Gasteiger partial charge in [-0.05, 0) is 214 Å². The van der Waals surface area contributed by atoms with Crippen molar-refractivity contribution in [2.75, 3.05) is 56.4 Å². The Bertz CT molecular complexity index is 6260. The molecule has 4 fully saturated rings. The number of ketones is 8. The molecule has 4 heterocycles. The number of carbonyl (C=O) groups is 12. The van der Waals surface area contributed by atoms with Crippen LogP contribution in [-0.2, 0) is 83.2 Å². The number of amides is 4. The van der Waals surface area contributed by atoms with Crippen LogP contribution < -0.4 is 22.9 Å². The molecule has 0 saturated heterocycles. The van der Waals surface area contributed by atoms with E-state index >= 15 is 0 Å². The maximum absolute atomic E-state index is 13.8. The molecule has 4 amide bonds. The van der Waals surface area contributed by atoms with Gasteiger partial charge in [0.05, 0.1) is 58.8 Å². The molecule has 0 unspecified atom stereocenters. The largest absolute Gasteiger partial charge is 0.508 e. The third-order valence-corrected chi connectivity index (χ3v) is 30.2. The lowest BCUT2D eigenvalue weighted by Crippen LogP contribution is -2.65. The maximum Gasteiger partial charge on any atom is 0.255 e. The van der Waals surface area contributed by atoms with Crippen LogP contribution in [0.25, 0.3) is 67.4 Å². The summed E-state index contributed by atoms with van der Waals surface area (Å²) in [5, 5.41) is 183. The zero-order valence-electron chi connectivity index (χ0n) is 75.6. The summed E-state index contributed by atoms with van der Waals surface area (Å²) in [6.45, 7) is 0. The number of carbonyl (C=O) groups excluding carboxylic acids is 12. The van der Waals surface area contributed by atoms with Gasteiger partial charge >= 0.3 is 0 Å². The molecule has 20 rings (SSSR count). The smallest absolute Gasteiger partial charge is 0.255 e. The van der Waals surface area contributed by atoms with Gasteiger partial charge in [0.15, 0.2) is 45.5 Å². The van der Waals surface area contributed by atoms with Crippen LogP contribution in [0.2, 0.25) is 0 Å². The van der Waals surface area contributed by atoms with Crippen LogP contribution in [0.3, 0.4) is 0 Å². The van der Waals surface area contributed by atoms with Crippen LogP contribution in [0, 0.1) is 47.3 Å². The van der Waals surface area contributed by atoms with Crippen molar-refractivity contribution < 1.29 is 148 Å². The summed E-state index contributed by atoms with van der Waals surface area (Å²) in [6.07, 6.45) is 9.98. The number of hydrogen-bond acceptors (Lipinski definition) is 38. The molecule has 728 valence electrons. The van der Waals surface area contributed by atoms with E-state index in [1.165, 1.54) is 80.1 Å². The summed E-state index contributed by atoms with van der Waals surface area (Å²) in [5.41, 5.74) is 12.8. The third-order valence-electron chi connectivity index (χ3n) is 29.4. The minimum atomic E-state index is -2.67. The summed E-state index contributed by atoms with van der Waals surface area (Å²) in [5.74, 6) is -26.8. The van der Waals surface area contributed by atoms with E-state index in [9.17, 15) is 139 Å². The van der Waals surface area contributed by atoms with E-state index in [1.807, 2.05) is 12.1 Å². The molecule has 140 heavy (non-hydrogen) atoms. The molecule has 12 aliphatic rings. The van der Waals surface area contributed by atoms with Gasteiger partial charge in [-0.25, -0.2) is 9.97 Å². The van der Waals surface area contributed by atoms with Crippen molar-refractivity contribution in [3.63, 3.8) is 0 Å². The van der Waals surface area contributed by atoms with Crippen molar-refractivity contribution in [2.45, 2.75) is 97.9 Å². The number of H-pyrrole nitrogens is 1. The van der Waals surface area contributed by atoms with Crippen LogP contribution in [-0.4, -0.2) is 294 Å². The Morgan fingerprint density at radius 3 is 0.993 bits per heavy atom. The van der Waals surface area contributed by atoms with Gasteiger partial charge in [0.1, 0.15) is 109 Å². The number of oxazole rings is 1. The average molecular weight is 1940 g/mol. The van der Waals surface area contributed by atoms with Crippen molar-refractivity contribution in [3.8, 4) is 67.4 Å². The lowest BCUT2D eigenvalue weighted by molar-refractivity contribution is -0.155. The number of nitrogens with two attached hydrogens (primary N) is 4. The van der Waals surface area contributed by atoms with Crippen LogP contribution in [0.15, 0.2) is 180 Å². The van der Waals surface area contributed by atoms with Gasteiger partial charge in [-0.1, -0.05) is 11.2 Å². The molecule has 0 aliphatic heterocycles. The molecular weight excluding hydrogens is 1850 g/mol. The highest BCUT2D eigenvalue weighted by Gasteiger charge is 2.70. The molecule has 0 spiro atoms. The van der Waals surface area contributed by atoms with E-state index < -0.39 is 232 Å². The first-order valence-corrected chi connectivity index (χ1v) is 44.7. The molecule has 0 bridgehead atoms. The highest BCUT2D eigenvalue weighted by atomic mass is 32.1. The Morgan fingerprint density at radius 2 is 0.714 bits per heavy atom. The number of nitrogens with zero attached hydrogens (tertiary/aromatic N) is 7. The number of phenolic OH excluding ortho intramolecular Hbond substituents is 4. The second kappa shape index (κ2) is 34.4. The molecule has 8 aromatic rings. The van der Waals surface area contributed by atoms with Gasteiger partial charge in [-0.2, -0.15) is 0 Å². The molecule has 0 radical (unpaired) electrons. The Balaban J connectivity index is 0.000000129. The number of aromatic amines is 1. The maximum atomic E-state index is 13.8. The summed E-state index contributed by atoms with van der Waals surface area (Å²) in [7, 11) is 12.4. The van der Waals surface area contributed by atoms with E-state index in [4.69, 9.17) is 31.9 Å². The predicted octanol–water partition coefficient (Wildman–Crippen LogP) is 3.28. The summed E-state index contributed by atoms with van der Waals surface area (Å²) in [4.78, 5) is 173. The number of phenols is 4. The number of primary amides is 4. The first-order valence-electron chi connectivity index (χ1n) is 43.8. The van der Waals surface area contributed by atoms with Gasteiger partial charge in [-0.15, -0.1) is 11.3 Å². The number of aromatic hydroxyl groups is 4. The van der Waals surface area contributed by atoms with Gasteiger partial charge in [0, 0.05) is 91.7 Å². The Labute approximate surface area is 795 Å². The number of Topliss-reactive ketones (excluding diaryl/α,β-unsaturated/α-hetero) is 8. The number of likely N-dealkylation sites (N-methyl/N-ethyl adjacent to an activating group) is 4. The lowest BCUT2D eigenvalue weighted by Gasteiger charge is -2.50. The summed E-state index contributed by atoms with van der Waals surface area (Å²) < 4.78 is 10.3. The standard InChI is InChI=1S/C25H25N3O7.2C24H23N3O8.C24H23N3O7S/c1-28(2)19-13-9-10-8-12-11(14-4-3-7-27-14)5-6-15(29)17(12)20(30)16(10)22(32)25(13,35)23(33)18(21(19)31)24(26)34;1-27(2)18-13-6-9-5-12-11(10-7-26-35-8-10)3-4-14(28)16(12)19(29)15(9)21(31)24(13,34)22(32)17(20(18)30)23(25)33;2*1-27(2)17-12-8-9-7-11-10(23-26-5-6-35-23)3-4-13(28)15(11)18(29)14(9)20(31)24(12,34)21(32)16(19(17)30)22(25)33/h3-7,10,13,19,27,29-30,33,35H,8-9H2,1-2H3,(H2,26,34);3-4,7-9,13,18,28-29,32,34H,5-6H2,1-2H3,(H2,25,33);2*3-6,9,12,17,28-29,32,34H,7-8H2,1-2H3,(H2,25,33)/t10-,13-,19-,25-;9-,13-,18-,24-;2*9-,12-,17-,24-/m0000/s1. The molecule has 4 saturated carbocycles. The third kappa shape index (κ3) is 14.0. The van der Waals surface area contributed by atoms with Crippen LogP contribution in [0.4, 0.5) is 0 Å². The molecule has 25 N–H and O–H groups in total. The molecular formula is C97H94N12O30S.